The Morgan fingerprint density at radius 1 is 1.41 bits per heavy atom. The van der Waals surface area contributed by atoms with E-state index in [1.807, 2.05) is 0 Å². The summed E-state index contributed by atoms with van der Waals surface area (Å²) in [6.45, 7) is 6.21. The van der Waals surface area contributed by atoms with Gasteiger partial charge in [0.1, 0.15) is 11.3 Å². The molecule has 0 aromatic carbocycles. The van der Waals surface area contributed by atoms with Crippen molar-refractivity contribution in [2.45, 2.75) is 20.3 Å². The summed E-state index contributed by atoms with van der Waals surface area (Å²) in [6, 6.07) is 0. The van der Waals surface area contributed by atoms with Gasteiger partial charge in [0.15, 0.2) is 11.5 Å². The highest BCUT2D eigenvalue weighted by Crippen LogP contribution is 2.12. The molecule has 0 unspecified atom stereocenters. The molecule has 6 heteroatoms. The van der Waals surface area contributed by atoms with Crippen molar-refractivity contribution in [1.29, 1.82) is 0 Å². The molecule has 0 saturated heterocycles. The third kappa shape index (κ3) is 2.91. The number of aromatic amines is 1. The van der Waals surface area contributed by atoms with Gasteiger partial charge in [0.25, 0.3) is 0 Å². The first kappa shape index (κ1) is 11.8. The van der Waals surface area contributed by atoms with Crippen LogP contribution in [0.5, 0.6) is 0 Å². The molecule has 2 aromatic rings. The maximum Gasteiger partial charge on any atom is 0.183 e. The number of hydrogen-bond donors (Lipinski definition) is 3. The van der Waals surface area contributed by atoms with E-state index < -0.39 is 0 Å². The van der Waals surface area contributed by atoms with Crippen LogP contribution in [0.3, 0.4) is 0 Å². The number of nitrogens with one attached hydrogen (secondary N) is 2. The Kier molecular flexibility index (Phi) is 3.53. The third-order valence-electron chi connectivity index (χ3n) is 2.44. The molecule has 0 aliphatic rings. The van der Waals surface area contributed by atoms with Crippen LogP contribution in [0.15, 0.2) is 6.33 Å². The predicted molar refractivity (Wildman–Crippen MR) is 67.5 cm³/mol. The predicted octanol–water partition coefficient (Wildman–Crippen LogP) is 0.723. The van der Waals surface area contributed by atoms with Crippen LogP contribution >= 0.6 is 0 Å². The van der Waals surface area contributed by atoms with E-state index >= 15 is 0 Å². The zero-order valence-corrected chi connectivity index (χ0v) is 10.2. The first-order valence-electron chi connectivity index (χ1n) is 5.83. The van der Waals surface area contributed by atoms with Crippen LogP contribution in [0.2, 0.25) is 0 Å². The van der Waals surface area contributed by atoms with Crippen LogP contribution in [0.1, 0.15) is 19.7 Å². The summed E-state index contributed by atoms with van der Waals surface area (Å²) >= 11 is 0. The van der Waals surface area contributed by atoms with Crippen molar-refractivity contribution in [3.63, 3.8) is 0 Å². The number of nitrogen functional groups attached to an aromatic ring is 1. The number of fused-ring (bicyclic) bond motifs is 1. The van der Waals surface area contributed by atoms with E-state index in [0.717, 1.165) is 25.3 Å². The minimum Gasteiger partial charge on any atom is -0.382 e. The molecule has 6 nitrogen and oxygen atoms in total. The van der Waals surface area contributed by atoms with E-state index in [1.54, 1.807) is 6.33 Å². The van der Waals surface area contributed by atoms with Crippen LogP contribution < -0.4 is 11.1 Å². The van der Waals surface area contributed by atoms with E-state index in [4.69, 9.17) is 5.73 Å². The Morgan fingerprint density at radius 2 is 2.24 bits per heavy atom. The summed E-state index contributed by atoms with van der Waals surface area (Å²) in [5.41, 5.74) is 7.16. The molecule has 92 valence electrons. The summed E-state index contributed by atoms with van der Waals surface area (Å²) in [6.07, 6.45) is 2.34. The Balaban J connectivity index is 1.99. The lowest BCUT2D eigenvalue weighted by Gasteiger charge is -2.06. The van der Waals surface area contributed by atoms with E-state index in [-0.39, 0.29) is 0 Å². The molecule has 0 spiro atoms. The first-order chi connectivity index (χ1) is 8.16. The average molecular weight is 234 g/mol. The number of rotatable bonds is 5. The molecule has 0 atom stereocenters. The molecule has 0 fully saturated rings. The van der Waals surface area contributed by atoms with Crippen molar-refractivity contribution >= 4 is 17.0 Å². The molecular formula is C11H18N6. The summed E-state index contributed by atoms with van der Waals surface area (Å²) in [7, 11) is 0. The van der Waals surface area contributed by atoms with E-state index in [2.05, 4.69) is 39.1 Å². The second-order valence-electron chi connectivity index (χ2n) is 4.47. The van der Waals surface area contributed by atoms with Crippen LogP contribution in [0.4, 0.5) is 5.82 Å². The number of anilines is 1. The van der Waals surface area contributed by atoms with Gasteiger partial charge in [-0.25, -0.2) is 15.0 Å². The van der Waals surface area contributed by atoms with Crippen molar-refractivity contribution in [2.75, 3.05) is 18.8 Å². The molecule has 2 aromatic heterocycles. The fraction of sp³-hybridized carbons (Fsp3) is 0.545. The van der Waals surface area contributed by atoms with Gasteiger partial charge in [0.2, 0.25) is 0 Å². The Labute approximate surface area is 100 Å². The fourth-order valence-corrected chi connectivity index (χ4v) is 1.61. The number of H-pyrrole nitrogens is 1. The maximum absolute atomic E-state index is 5.81. The van der Waals surface area contributed by atoms with Crippen molar-refractivity contribution in [2.24, 2.45) is 5.92 Å². The fourth-order valence-electron chi connectivity index (χ4n) is 1.61. The Bertz CT molecular complexity index is 490. The minimum absolute atomic E-state index is 0.464. The van der Waals surface area contributed by atoms with Crippen LogP contribution in [0, 0.1) is 5.92 Å². The van der Waals surface area contributed by atoms with Gasteiger partial charge in [-0.3, -0.25) is 0 Å². The monoisotopic (exact) mass is 234 g/mol. The molecule has 0 aliphatic heterocycles. The largest absolute Gasteiger partial charge is 0.382 e. The number of imidazole rings is 1. The van der Waals surface area contributed by atoms with Crippen LogP contribution in [0.25, 0.3) is 11.2 Å². The Hall–Kier alpha value is -1.69. The number of aromatic nitrogens is 4. The van der Waals surface area contributed by atoms with Gasteiger partial charge in [-0.15, -0.1) is 0 Å². The van der Waals surface area contributed by atoms with Gasteiger partial charge in [-0.1, -0.05) is 13.8 Å². The van der Waals surface area contributed by atoms with Crippen LogP contribution in [-0.2, 0) is 6.42 Å². The highest BCUT2D eigenvalue weighted by Gasteiger charge is 2.06. The molecule has 4 N–H and O–H groups in total. The molecule has 0 radical (unpaired) electrons. The van der Waals surface area contributed by atoms with Crippen molar-refractivity contribution < 1.29 is 0 Å². The maximum atomic E-state index is 5.81. The summed E-state index contributed by atoms with van der Waals surface area (Å²) in [5, 5.41) is 3.35. The molecule has 0 bridgehead atoms. The van der Waals surface area contributed by atoms with E-state index in [0.29, 0.717) is 22.9 Å². The first-order valence-corrected chi connectivity index (χ1v) is 5.83. The summed E-state index contributed by atoms with van der Waals surface area (Å²) in [5.74, 6) is 1.85. The highest BCUT2D eigenvalue weighted by atomic mass is 15.0. The highest BCUT2D eigenvalue weighted by molar-refractivity contribution is 5.80. The van der Waals surface area contributed by atoms with Gasteiger partial charge in [0, 0.05) is 13.0 Å². The lowest BCUT2D eigenvalue weighted by atomic mass is 10.2. The average Bonchev–Trinajstić information content (AvgIpc) is 2.72. The zero-order chi connectivity index (χ0) is 12.3. The third-order valence-corrected chi connectivity index (χ3v) is 2.44. The number of nitrogens with zero attached hydrogens (tertiary/aromatic N) is 3. The topological polar surface area (TPSA) is 92.5 Å². The SMILES string of the molecule is CC(C)CNCCc1nc(N)c2[nH]cnc2n1. The normalized spacial score (nSPS) is 11.5. The molecule has 0 aliphatic carbocycles. The van der Waals surface area contributed by atoms with Gasteiger partial charge in [-0.2, -0.15) is 0 Å². The number of hydrogen-bond acceptors (Lipinski definition) is 5. The summed E-state index contributed by atoms with van der Waals surface area (Å²) < 4.78 is 0. The zero-order valence-electron chi connectivity index (χ0n) is 10.2. The lowest BCUT2D eigenvalue weighted by molar-refractivity contribution is 0.551. The van der Waals surface area contributed by atoms with Crippen molar-refractivity contribution in [1.82, 2.24) is 25.3 Å². The molecule has 0 amide bonds. The van der Waals surface area contributed by atoms with Gasteiger partial charge in [-0.05, 0) is 12.5 Å². The quantitative estimate of drug-likeness (QED) is 0.663. The molecule has 2 heterocycles. The smallest absolute Gasteiger partial charge is 0.183 e. The molecule has 2 rings (SSSR count). The second kappa shape index (κ2) is 5.09. The molecular weight excluding hydrogens is 216 g/mol. The second-order valence-corrected chi connectivity index (χ2v) is 4.47. The van der Waals surface area contributed by atoms with Crippen molar-refractivity contribution in [3.05, 3.63) is 12.2 Å². The van der Waals surface area contributed by atoms with Gasteiger partial charge >= 0.3 is 0 Å². The Morgan fingerprint density at radius 3 is 3.00 bits per heavy atom. The van der Waals surface area contributed by atoms with E-state index in [1.165, 1.54) is 0 Å². The standard InChI is InChI=1S/C11H18N6/c1-7(2)5-13-4-3-8-16-10(12)9-11(17-8)15-6-14-9/h6-7,13H,3-5H2,1-2H3,(H3,12,14,15,16,17). The number of nitrogens with two attached hydrogens (primary N) is 1. The van der Waals surface area contributed by atoms with Crippen molar-refractivity contribution in [3.8, 4) is 0 Å². The molecule has 0 saturated carbocycles. The van der Waals surface area contributed by atoms with Crippen LogP contribution in [-0.4, -0.2) is 33.0 Å². The molecule has 17 heavy (non-hydrogen) atoms. The summed E-state index contributed by atoms with van der Waals surface area (Å²) in [4.78, 5) is 15.6. The van der Waals surface area contributed by atoms with E-state index in [9.17, 15) is 0 Å². The van der Waals surface area contributed by atoms with Gasteiger partial charge in [0.05, 0.1) is 6.33 Å². The lowest BCUT2D eigenvalue weighted by Crippen LogP contribution is -2.22. The van der Waals surface area contributed by atoms with Gasteiger partial charge < -0.3 is 16.0 Å². The minimum atomic E-state index is 0.464.